The van der Waals surface area contributed by atoms with Crippen LogP contribution >= 0.6 is 0 Å². The van der Waals surface area contributed by atoms with Gasteiger partial charge in [0.1, 0.15) is 0 Å². The summed E-state index contributed by atoms with van der Waals surface area (Å²) in [5, 5.41) is 0. The third-order valence-corrected chi connectivity index (χ3v) is 4.65. The smallest absolute Gasteiger partial charge is 0.231 e. The van der Waals surface area contributed by atoms with Crippen LogP contribution in [0.4, 0.5) is 0 Å². The molecule has 2 aliphatic heterocycles. The van der Waals surface area contributed by atoms with Gasteiger partial charge < -0.3 is 19.1 Å². The first-order valence-corrected chi connectivity index (χ1v) is 7.35. The fourth-order valence-electron chi connectivity index (χ4n) is 3.63. The average molecular weight is 269 g/mol. The lowest BCUT2D eigenvalue weighted by molar-refractivity contribution is -0.193. The topological polar surface area (TPSA) is 48.0 Å². The maximum absolute atomic E-state index is 12.7. The van der Waals surface area contributed by atoms with Crippen molar-refractivity contribution in [1.82, 2.24) is 4.90 Å². The van der Waals surface area contributed by atoms with Crippen LogP contribution in [0.15, 0.2) is 0 Å². The Morgan fingerprint density at radius 3 is 2.79 bits per heavy atom. The Morgan fingerprint density at radius 1 is 1.26 bits per heavy atom. The molecule has 2 saturated heterocycles. The molecule has 5 heteroatoms. The van der Waals surface area contributed by atoms with Crippen LogP contribution in [0, 0.1) is 5.92 Å². The van der Waals surface area contributed by atoms with E-state index in [-0.39, 0.29) is 17.9 Å². The Balaban J connectivity index is 1.69. The Morgan fingerprint density at radius 2 is 2.05 bits per heavy atom. The zero-order valence-electron chi connectivity index (χ0n) is 11.6. The van der Waals surface area contributed by atoms with Crippen molar-refractivity contribution in [3.05, 3.63) is 0 Å². The Hall–Kier alpha value is -0.650. The first kappa shape index (κ1) is 13.3. The van der Waals surface area contributed by atoms with Gasteiger partial charge in [-0.1, -0.05) is 0 Å². The molecule has 2 atom stereocenters. The minimum absolute atomic E-state index is 0.120. The Bertz CT molecular complexity index is 335. The quantitative estimate of drug-likeness (QED) is 0.755. The normalized spacial score (nSPS) is 34.1. The molecule has 1 aliphatic carbocycles. The molecule has 2 heterocycles. The lowest BCUT2D eigenvalue weighted by Crippen LogP contribution is -2.50. The maximum atomic E-state index is 12.7. The summed E-state index contributed by atoms with van der Waals surface area (Å²) in [4.78, 5) is 14.7. The molecule has 0 unspecified atom stereocenters. The molecular formula is C14H23NO4. The van der Waals surface area contributed by atoms with Crippen LogP contribution < -0.4 is 0 Å². The van der Waals surface area contributed by atoms with E-state index in [1.165, 1.54) is 0 Å². The minimum Gasteiger partial charge on any atom is -0.380 e. The molecular weight excluding hydrogens is 246 g/mol. The predicted octanol–water partition coefficient (Wildman–Crippen LogP) is 1.17. The van der Waals surface area contributed by atoms with E-state index < -0.39 is 5.79 Å². The van der Waals surface area contributed by atoms with Crippen molar-refractivity contribution < 1.29 is 19.0 Å². The molecule has 3 aliphatic rings. The molecule has 0 radical (unpaired) electrons. The number of hydrogen-bond donors (Lipinski definition) is 0. The summed E-state index contributed by atoms with van der Waals surface area (Å²) in [6, 6.07) is 0. The van der Waals surface area contributed by atoms with Gasteiger partial charge in [-0.2, -0.15) is 0 Å². The highest BCUT2D eigenvalue weighted by Crippen LogP contribution is 2.43. The SMILES string of the molecule is CO[C@@H]1CCCN(C(=O)[C@H]2CCCC23OCCO3)C1. The summed E-state index contributed by atoms with van der Waals surface area (Å²) < 4.78 is 17.0. The van der Waals surface area contributed by atoms with Crippen molar-refractivity contribution in [1.29, 1.82) is 0 Å². The summed E-state index contributed by atoms with van der Waals surface area (Å²) in [7, 11) is 1.72. The van der Waals surface area contributed by atoms with Gasteiger partial charge >= 0.3 is 0 Å². The van der Waals surface area contributed by atoms with Crippen LogP contribution in [0.25, 0.3) is 0 Å². The number of amides is 1. The first-order chi connectivity index (χ1) is 9.25. The van der Waals surface area contributed by atoms with Crippen LogP contribution in [0.1, 0.15) is 32.1 Å². The van der Waals surface area contributed by atoms with Crippen molar-refractivity contribution in [2.24, 2.45) is 5.92 Å². The highest BCUT2D eigenvalue weighted by atomic mass is 16.7. The average Bonchev–Trinajstić information content (AvgIpc) is 3.09. The second kappa shape index (κ2) is 5.38. The second-order valence-corrected chi connectivity index (χ2v) is 5.74. The fraction of sp³-hybridized carbons (Fsp3) is 0.929. The van der Waals surface area contributed by atoms with Gasteiger partial charge in [0.05, 0.1) is 25.2 Å². The monoisotopic (exact) mass is 269 g/mol. The number of hydrogen-bond acceptors (Lipinski definition) is 4. The van der Waals surface area contributed by atoms with Crippen molar-refractivity contribution in [2.45, 2.75) is 44.0 Å². The van der Waals surface area contributed by atoms with Gasteiger partial charge in [-0.15, -0.1) is 0 Å². The summed E-state index contributed by atoms with van der Waals surface area (Å²) in [5.41, 5.74) is 0. The van der Waals surface area contributed by atoms with Crippen molar-refractivity contribution in [3.8, 4) is 0 Å². The summed E-state index contributed by atoms with van der Waals surface area (Å²) in [6.45, 7) is 2.78. The minimum atomic E-state index is -0.614. The van der Waals surface area contributed by atoms with Crippen LogP contribution in [-0.2, 0) is 19.0 Å². The predicted molar refractivity (Wildman–Crippen MR) is 68.6 cm³/mol. The van der Waals surface area contributed by atoms with E-state index in [1.54, 1.807) is 7.11 Å². The van der Waals surface area contributed by atoms with Gasteiger partial charge in [0.2, 0.25) is 5.91 Å². The van der Waals surface area contributed by atoms with E-state index in [0.29, 0.717) is 19.8 Å². The summed E-state index contributed by atoms with van der Waals surface area (Å²) in [5.74, 6) is -0.538. The van der Waals surface area contributed by atoms with Crippen LogP contribution in [0.2, 0.25) is 0 Å². The zero-order valence-corrected chi connectivity index (χ0v) is 11.6. The number of rotatable bonds is 2. The summed E-state index contributed by atoms with van der Waals surface area (Å²) >= 11 is 0. The number of ether oxygens (including phenoxy) is 3. The Kier molecular flexibility index (Phi) is 3.78. The van der Waals surface area contributed by atoms with Crippen molar-refractivity contribution in [3.63, 3.8) is 0 Å². The molecule has 0 aromatic heterocycles. The third-order valence-electron chi connectivity index (χ3n) is 4.65. The standard InChI is InChI=1S/C14H23NO4/c1-17-11-4-3-7-15(10-11)13(16)12-5-2-6-14(12)18-8-9-19-14/h11-12H,2-10H2,1H3/t11-,12-/m1/s1. The van der Waals surface area contributed by atoms with E-state index in [9.17, 15) is 4.79 Å². The number of likely N-dealkylation sites (tertiary alicyclic amines) is 1. The fourth-order valence-corrected chi connectivity index (χ4v) is 3.63. The number of piperidine rings is 1. The molecule has 1 amide bonds. The molecule has 5 nitrogen and oxygen atoms in total. The van der Waals surface area contributed by atoms with Gasteiger partial charge in [0.15, 0.2) is 5.79 Å². The van der Waals surface area contributed by atoms with Crippen LogP contribution in [0.3, 0.4) is 0 Å². The number of carbonyl (C=O) groups excluding carboxylic acids is 1. The molecule has 3 rings (SSSR count). The van der Waals surface area contributed by atoms with E-state index in [2.05, 4.69) is 0 Å². The van der Waals surface area contributed by atoms with Crippen LogP contribution in [0.5, 0.6) is 0 Å². The number of methoxy groups -OCH3 is 1. The van der Waals surface area contributed by atoms with Gasteiger partial charge in [-0.05, 0) is 25.7 Å². The lowest BCUT2D eigenvalue weighted by Gasteiger charge is -2.37. The zero-order chi connectivity index (χ0) is 13.3. The largest absolute Gasteiger partial charge is 0.380 e. The number of nitrogens with zero attached hydrogens (tertiary/aromatic N) is 1. The molecule has 19 heavy (non-hydrogen) atoms. The molecule has 0 bridgehead atoms. The Labute approximate surface area is 114 Å². The van der Waals surface area contributed by atoms with Gasteiger partial charge in [-0.25, -0.2) is 0 Å². The van der Waals surface area contributed by atoms with Crippen LogP contribution in [-0.4, -0.2) is 56.1 Å². The third kappa shape index (κ3) is 2.39. The van der Waals surface area contributed by atoms with Gasteiger partial charge in [0, 0.05) is 26.6 Å². The molecule has 0 aromatic carbocycles. The van der Waals surface area contributed by atoms with E-state index in [1.807, 2.05) is 4.90 Å². The van der Waals surface area contributed by atoms with Gasteiger partial charge in [-0.3, -0.25) is 4.79 Å². The molecule has 3 fully saturated rings. The number of carbonyl (C=O) groups is 1. The highest BCUT2D eigenvalue weighted by molar-refractivity contribution is 5.80. The molecule has 0 aromatic rings. The van der Waals surface area contributed by atoms with E-state index in [4.69, 9.17) is 14.2 Å². The van der Waals surface area contributed by atoms with E-state index in [0.717, 1.165) is 38.6 Å². The molecule has 1 saturated carbocycles. The first-order valence-electron chi connectivity index (χ1n) is 7.35. The van der Waals surface area contributed by atoms with Crippen molar-refractivity contribution in [2.75, 3.05) is 33.4 Å². The molecule has 108 valence electrons. The van der Waals surface area contributed by atoms with E-state index >= 15 is 0 Å². The lowest BCUT2D eigenvalue weighted by atomic mass is 9.98. The summed E-state index contributed by atoms with van der Waals surface area (Å²) in [6.07, 6.45) is 4.99. The maximum Gasteiger partial charge on any atom is 0.231 e. The second-order valence-electron chi connectivity index (χ2n) is 5.74. The molecule has 1 spiro atoms. The van der Waals surface area contributed by atoms with Crippen molar-refractivity contribution >= 4 is 5.91 Å². The highest BCUT2D eigenvalue weighted by Gasteiger charge is 2.52. The van der Waals surface area contributed by atoms with Gasteiger partial charge in [0.25, 0.3) is 0 Å². The molecule has 0 N–H and O–H groups in total.